The average molecular weight is 410 g/mol. The van der Waals surface area contributed by atoms with E-state index in [1.807, 2.05) is 42.7 Å². The summed E-state index contributed by atoms with van der Waals surface area (Å²) in [4.78, 5) is 16.8. The molecule has 0 aliphatic heterocycles. The van der Waals surface area contributed by atoms with E-state index >= 15 is 0 Å². The number of aromatic nitrogens is 4. The molecular weight excluding hydrogens is 386 g/mol. The Balaban J connectivity index is 1.43. The largest absolute Gasteiger partial charge is 0.488 e. The van der Waals surface area contributed by atoms with Crippen molar-refractivity contribution < 1.29 is 9.53 Å². The minimum Gasteiger partial charge on any atom is -0.488 e. The number of hydrogen-bond acceptors (Lipinski definition) is 5. The lowest BCUT2D eigenvalue weighted by molar-refractivity contribution is 0.0949. The van der Waals surface area contributed by atoms with E-state index < -0.39 is 0 Å². The van der Waals surface area contributed by atoms with E-state index in [0.29, 0.717) is 29.5 Å². The van der Waals surface area contributed by atoms with Gasteiger partial charge in [0.05, 0.1) is 6.54 Å². The zero-order valence-electron chi connectivity index (χ0n) is 16.4. The maximum atomic E-state index is 12.7. The summed E-state index contributed by atoms with van der Waals surface area (Å²) >= 11 is 5.29. The Morgan fingerprint density at radius 2 is 2.10 bits per heavy atom. The summed E-state index contributed by atoms with van der Waals surface area (Å²) in [5, 5.41) is 10.0. The van der Waals surface area contributed by atoms with Crippen LogP contribution in [-0.4, -0.2) is 25.7 Å². The Morgan fingerprint density at radius 1 is 1.34 bits per heavy atom. The van der Waals surface area contributed by atoms with Crippen LogP contribution < -0.4 is 10.1 Å². The zero-order valence-corrected chi connectivity index (χ0v) is 17.3. The van der Waals surface area contributed by atoms with Gasteiger partial charge in [-0.2, -0.15) is 5.10 Å². The van der Waals surface area contributed by atoms with Crippen LogP contribution in [0.4, 0.5) is 0 Å². The predicted molar refractivity (Wildman–Crippen MR) is 111 cm³/mol. The number of pyridine rings is 1. The number of amides is 1. The first-order valence-electron chi connectivity index (χ1n) is 9.60. The SMILES string of the molecule is Cc1cc(C(=O)NCc2n[nH]c(=S)n2C2CC2)cc(C)c1OCc1cccnc1. The van der Waals surface area contributed by atoms with E-state index in [2.05, 4.69) is 20.5 Å². The van der Waals surface area contributed by atoms with Crippen LogP contribution in [0, 0.1) is 18.6 Å². The first-order valence-corrected chi connectivity index (χ1v) is 10.0. The molecule has 3 aromatic rings. The first kappa shape index (κ1) is 19.3. The number of carbonyl (C=O) groups excluding carboxylic acids is 1. The Labute approximate surface area is 174 Å². The molecule has 0 atom stereocenters. The quantitative estimate of drug-likeness (QED) is 0.580. The van der Waals surface area contributed by atoms with Gasteiger partial charge in [-0.25, -0.2) is 0 Å². The van der Waals surface area contributed by atoms with E-state index in [-0.39, 0.29) is 5.91 Å². The van der Waals surface area contributed by atoms with Gasteiger partial charge in [0.2, 0.25) is 0 Å². The van der Waals surface area contributed by atoms with Gasteiger partial charge in [-0.3, -0.25) is 19.4 Å². The summed E-state index contributed by atoms with van der Waals surface area (Å²) in [6.45, 7) is 4.66. The molecule has 4 rings (SSSR count). The van der Waals surface area contributed by atoms with Crippen LogP contribution in [0.3, 0.4) is 0 Å². The van der Waals surface area contributed by atoms with Gasteiger partial charge in [-0.1, -0.05) is 6.07 Å². The van der Waals surface area contributed by atoms with Gasteiger partial charge >= 0.3 is 0 Å². The number of nitrogens with zero attached hydrogens (tertiary/aromatic N) is 3. The third-order valence-electron chi connectivity index (χ3n) is 4.93. The average Bonchev–Trinajstić information content (AvgIpc) is 3.48. The first-order chi connectivity index (χ1) is 14.0. The fourth-order valence-electron chi connectivity index (χ4n) is 3.38. The van der Waals surface area contributed by atoms with Gasteiger partial charge in [0.15, 0.2) is 10.6 Å². The maximum absolute atomic E-state index is 12.7. The number of aromatic amines is 1. The molecule has 7 nitrogen and oxygen atoms in total. The minimum absolute atomic E-state index is 0.147. The molecule has 0 saturated heterocycles. The Kier molecular flexibility index (Phi) is 5.44. The number of benzene rings is 1. The third-order valence-corrected chi connectivity index (χ3v) is 5.21. The Bertz CT molecular complexity index is 1060. The van der Waals surface area contributed by atoms with E-state index in [9.17, 15) is 4.79 Å². The third kappa shape index (κ3) is 4.37. The van der Waals surface area contributed by atoms with Crippen molar-refractivity contribution in [3.8, 4) is 5.75 Å². The highest BCUT2D eigenvalue weighted by Crippen LogP contribution is 2.35. The van der Waals surface area contributed by atoms with Crippen LogP contribution in [-0.2, 0) is 13.2 Å². The molecule has 2 heterocycles. The number of rotatable bonds is 7. The predicted octanol–water partition coefficient (Wildman–Crippen LogP) is 3.80. The van der Waals surface area contributed by atoms with Crippen molar-refractivity contribution in [2.45, 2.75) is 45.9 Å². The number of ether oxygens (including phenoxy) is 1. The minimum atomic E-state index is -0.147. The molecule has 0 unspecified atom stereocenters. The summed E-state index contributed by atoms with van der Waals surface area (Å²) in [7, 11) is 0. The van der Waals surface area contributed by atoms with Crippen molar-refractivity contribution in [3.63, 3.8) is 0 Å². The number of nitrogens with one attached hydrogen (secondary N) is 2. The maximum Gasteiger partial charge on any atom is 0.251 e. The van der Waals surface area contributed by atoms with Crippen LogP contribution in [0.1, 0.15) is 51.8 Å². The molecule has 2 N–H and O–H groups in total. The van der Waals surface area contributed by atoms with E-state index in [1.165, 1.54) is 0 Å². The summed E-state index contributed by atoms with van der Waals surface area (Å²) in [6.07, 6.45) is 5.73. The molecule has 1 fully saturated rings. The summed E-state index contributed by atoms with van der Waals surface area (Å²) < 4.78 is 8.58. The van der Waals surface area contributed by atoms with Gasteiger partial charge in [-0.05, 0) is 68.2 Å². The van der Waals surface area contributed by atoms with Gasteiger partial charge in [0.1, 0.15) is 12.4 Å². The van der Waals surface area contributed by atoms with Crippen molar-refractivity contribution in [3.05, 3.63) is 69.5 Å². The van der Waals surface area contributed by atoms with Crippen molar-refractivity contribution in [2.75, 3.05) is 0 Å². The number of hydrogen-bond donors (Lipinski definition) is 2. The fourth-order valence-corrected chi connectivity index (χ4v) is 3.68. The second-order valence-electron chi connectivity index (χ2n) is 7.32. The molecule has 1 saturated carbocycles. The molecule has 0 radical (unpaired) electrons. The molecule has 1 aromatic carbocycles. The molecule has 1 aliphatic carbocycles. The normalized spacial score (nSPS) is 13.3. The van der Waals surface area contributed by atoms with Gasteiger partial charge in [0.25, 0.3) is 5.91 Å². The van der Waals surface area contributed by atoms with Crippen molar-refractivity contribution in [1.82, 2.24) is 25.1 Å². The molecule has 29 heavy (non-hydrogen) atoms. The number of aryl methyl sites for hydroxylation is 2. The second-order valence-corrected chi connectivity index (χ2v) is 7.70. The lowest BCUT2D eigenvalue weighted by atomic mass is 10.0. The van der Waals surface area contributed by atoms with E-state index in [0.717, 1.165) is 41.1 Å². The summed E-state index contributed by atoms with van der Waals surface area (Å²) in [6, 6.07) is 7.95. The molecule has 1 amide bonds. The Morgan fingerprint density at radius 3 is 2.76 bits per heavy atom. The molecule has 150 valence electrons. The monoisotopic (exact) mass is 409 g/mol. The standard InChI is InChI=1S/C21H23N5O2S/c1-13-8-16(9-14(2)19(13)28-12-15-4-3-7-22-10-15)20(27)23-11-18-24-25-21(29)26(18)17-5-6-17/h3-4,7-10,17H,5-6,11-12H2,1-2H3,(H,23,27)(H,25,29). The summed E-state index contributed by atoms with van der Waals surface area (Å²) in [5.74, 6) is 1.40. The molecule has 8 heteroatoms. The van der Waals surface area contributed by atoms with E-state index in [1.54, 1.807) is 12.4 Å². The molecule has 2 aromatic heterocycles. The lowest BCUT2D eigenvalue weighted by Gasteiger charge is -2.14. The Hall–Kier alpha value is -3.00. The van der Waals surface area contributed by atoms with Crippen LogP contribution in [0.15, 0.2) is 36.7 Å². The van der Waals surface area contributed by atoms with Crippen molar-refractivity contribution in [2.24, 2.45) is 0 Å². The fraction of sp³-hybridized carbons (Fsp3) is 0.333. The second kappa shape index (κ2) is 8.16. The van der Waals surface area contributed by atoms with Crippen LogP contribution in [0.25, 0.3) is 0 Å². The zero-order chi connectivity index (χ0) is 20.4. The summed E-state index contributed by atoms with van der Waals surface area (Å²) in [5.41, 5.74) is 3.43. The molecular formula is C21H23N5O2S. The van der Waals surface area contributed by atoms with Gasteiger partial charge in [0, 0.05) is 29.6 Å². The van der Waals surface area contributed by atoms with E-state index in [4.69, 9.17) is 17.0 Å². The van der Waals surface area contributed by atoms with Crippen LogP contribution in [0.5, 0.6) is 5.75 Å². The van der Waals surface area contributed by atoms with Crippen LogP contribution >= 0.6 is 12.2 Å². The number of H-pyrrole nitrogens is 1. The van der Waals surface area contributed by atoms with Gasteiger partial charge < -0.3 is 10.1 Å². The topological polar surface area (TPSA) is 84.8 Å². The lowest BCUT2D eigenvalue weighted by Crippen LogP contribution is -2.25. The van der Waals surface area contributed by atoms with Crippen molar-refractivity contribution in [1.29, 1.82) is 0 Å². The highest BCUT2D eigenvalue weighted by Gasteiger charge is 2.27. The van der Waals surface area contributed by atoms with Gasteiger partial charge in [-0.15, -0.1) is 0 Å². The smallest absolute Gasteiger partial charge is 0.251 e. The molecule has 0 spiro atoms. The number of carbonyl (C=O) groups is 1. The highest BCUT2D eigenvalue weighted by molar-refractivity contribution is 7.71. The van der Waals surface area contributed by atoms with Crippen LogP contribution in [0.2, 0.25) is 0 Å². The van der Waals surface area contributed by atoms with Crippen molar-refractivity contribution >= 4 is 18.1 Å². The highest BCUT2D eigenvalue weighted by atomic mass is 32.1. The molecule has 0 bridgehead atoms. The molecule has 1 aliphatic rings.